The van der Waals surface area contributed by atoms with Gasteiger partial charge in [0.25, 0.3) is 0 Å². The van der Waals surface area contributed by atoms with E-state index in [1.165, 1.54) is 20.2 Å². The zero-order valence-corrected chi connectivity index (χ0v) is 18.1. The molecule has 1 aromatic heterocycles. The minimum atomic E-state index is -3.61. The van der Waals surface area contributed by atoms with Crippen molar-refractivity contribution in [2.24, 2.45) is 5.73 Å². The van der Waals surface area contributed by atoms with Crippen molar-refractivity contribution in [2.45, 2.75) is 30.6 Å². The zero-order valence-electron chi connectivity index (χ0n) is 17.3. The van der Waals surface area contributed by atoms with Gasteiger partial charge in [0.15, 0.2) is 11.0 Å². The van der Waals surface area contributed by atoms with Gasteiger partial charge < -0.3 is 21.7 Å². The number of anilines is 1. The molecule has 0 saturated heterocycles. The maximum absolute atomic E-state index is 12.4. The second kappa shape index (κ2) is 12.0. The van der Waals surface area contributed by atoms with Gasteiger partial charge in [-0.3, -0.25) is 0 Å². The third-order valence-electron chi connectivity index (χ3n) is 4.50. The van der Waals surface area contributed by atoms with Crippen molar-refractivity contribution < 1.29 is 13.0 Å². The van der Waals surface area contributed by atoms with Gasteiger partial charge in [-0.05, 0) is 80.9 Å². The molecule has 0 unspecified atom stereocenters. The number of aromatic nitrogens is 2. The van der Waals surface area contributed by atoms with Crippen molar-refractivity contribution in [1.82, 2.24) is 25.3 Å². The van der Waals surface area contributed by atoms with Crippen molar-refractivity contribution in [2.75, 3.05) is 58.7 Å². The summed E-state index contributed by atoms with van der Waals surface area (Å²) in [5, 5.41) is 17.7. The highest BCUT2D eigenvalue weighted by Gasteiger charge is 2.24. The van der Waals surface area contributed by atoms with Crippen molar-refractivity contribution in [1.29, 1.82) is 0 Å². The molecule has 164 valence electrons. The van der Waals surface area contributed by atoms with E-state index in [0.717, 1.165) is 69.3 Å². The number of nitrogens with two attached hydrogens (primary N) is 1. The third-order valence-corrected chi connectivity index (χ3v) is 6.34. The van der Waals surface area contributed by atoms with E-state index in [4.69, 9.17) is 10.4 Å². The summed E-state index contributed by atoms with van der Waals surface area (Å²) in [6, 6.07) is 3.23. The number of nitrogens with zero attached hydrogens (tertiary/aromatic N) is 3. The highest BCUT2D eigenvalue weighted by Crippen LogP contribution is 2.28. The molecule has 0 radical (unpaired) electrons. The van der Waals surface area contributed by atoms with E-state index in [-0.39, 0.29) is 10.4 Å². The fourth-order valence-corrected chi connectivity index (χ4v) is 3.82. The molecule has 0 aliphatic rings. The Labute approximate surface area is 172 Å². The lowest BCUT2D eigenvalue weighted by molar-refractivity contribution is 0.315. The highest BCUT2D eigenvalue weighted by atomic mass is 32.2. The predicted molar refractivity (Wildman–Crippen MR) is 114 cm³/mol. The monoisotopic (exact) mass is 427 g/mol. The molecule has 0 bridgehead atoms. The van der Waals surface area contributed by atoms with Crippen LogP contribution >= 0.6 is 0 Å². The zero-order chi connectivity index (χ0) is 21.1. The van der Waals surface area contributed by atoms with Gasteiger partial charge in [0.1, 0.15) is 4.90 Å². The average Bonchev–Trinajstić information content (AvgIpc) is 3.18. The Kier molecular flexibility index (Phi) is 9.74. The van der Waals surface area contributed by atoms with Gasteiger partial charge in [0.05, 0.1) is 5.69 Å². The lowest BCUT2D eigenvalue weighted by atomic mass is 10.2. The number of rotatable bonds is 15. The Hall–Kier alpha value is -1.79. The summed E-state index contributed by atoms with van der Waals surface area (Å²) in [7, 11) is -0.657. The Morgan fingerprint density at radius 2 is 1.55 bits per heavy atom. The molecule has 0 spiro atoms. The fraction of sp³-hybridized carbons (Fsp3) is 0.667. The molecule has 0 amide bonds. The summed E-state index contributed by atoms with van der Waals surface area (Å²) in [5.41, 5.74) is 6.82. The van der Waals surface area contributed by atoms with Crippen molar-refractivity contribution in [3.05, 3.63) is 12.1 Å². The average molecular weight is 428 g/mol. The van der Waals surface area contributed by atoms with Gasteiger partial charge >= 0.3 is 0 Å². The summed E-state index contributed by atoms with van der Waals surface area (Å²) < 4.78 is 30.7. The number of nitrogens with one attached hydrogen (secondary N) is 3. The Morgan fingerprint density at radius 3 is 2.21 bits per heavy atom. The molecule has 11 heteroatoms. The van der Waals surface area contributed by atoms with E-state index in [0.29, 0.717) is 11.2 Å². The van der Waals surface area contributed by atoms with Crippen LogP contribution in [0.15, 0.2) is 21.7 Å². The minimum Gasteiger partial charge on any atom is -0.383 e. The molecular formula is C18H33N7O3S. The number of benzene rings is 1. The largest absolute Gasteiger partial charge is 0.383 e. The lowest BCUT2D eigenvalue weighted by Gasteiger charge is -2.12. The first-order valence-electron chi connectivity index (χ1n) is 10.0. The Balaban J connectivity index is 1.71. The van der Waals surface area contributed by atoms with Gasteiger partial charge in [-0.1, -0.05) is 0 Å². The van der Waals surface area contributed by atoms with Crippen molar-refractivity contribution in [3.8, 4) is 0 Å². The second-order valence-corrected chi connectivity index (χ2v) is 9.11. The molecule has 1 aromatic carbocycles. The number of sulfonamides is 1. The topological polar surface area (TPSA) is 138 Å². The van der Waals surface area contributed by atoms with Crippen LogP contribution in [0, 0.1) is 0 Å². The molecule has 29 heavy (non-hydrogen) atoms. The molecule has 1 heterocycles. The van der Waals surface area contributed by atoms with E-state index in [9.17, 15) is 8.42 Å². The summed E-state index contributed by atoms with van der Waals surface area (Å²) in [4.78, 5) is 0.0866. The van der Waals surface area contributed by atoms with Crippen LogP contribution in [0.5, 0.6) is 0 Å². The normalized spacial score (nSPS) is 12.1. The molecule has 0 aliphatic carbocycles. The van der Waals surface area contributed by atoms with E-state index < -0.39 is 10.0 Å². The van der Waals surface area contributed by atoms with Gasteiger partial charge in [0.2, 0.25) is 10.0 Å². The Bertz CT molecular complexity index is 839. The van der Waals surface area contributed by atoms with Crippen LogP contribution in [0.25, 0.3) is 11.0 Å². The van der Waals surface area contributed by atoms with Crippen molar-refractivity contribution >= 4 is 26.7 Å². The van der Waals surface area contributed by atoms with Crippen LogP contribution in [0.4, 0.5) is 5.69 Å². The van der Waals surface area contributed by atoms with Gasteiger partial charge in [-0.2, -0.15) is 0 Å². The van der Waals surface area contributed by atoms with E-state index in [1.807, 2.05) is 0 Å². The SMILES string of the molecule is CN(C)S(=O)(=O)c1ccc(NCCCNCCCCNCCCN)c2nonc12. The molecule has 0 fully saturated rings. The first-order valence-corrected chi connectivity index (χ1v) is 11.5. The van der Waals surface area contributed by atoms with Gasteiger partial charge in [-0.25, -0.2) is 17.4 Å². The summed E-state index contributed by atoms with van der Waals surface area (Å²) in [6.45, 7) is 5.39. The smallest absolute Gasteiger partial charge is 0.244 e. The number of unbranched alkanes of at least 4 members (excludes halogenated alkanes) is 1. The van der Waals surface area contributed by atoms with E-state index in [1.54, 1.807) is 6.07 Å². The Morgan fingerprint density at radius 1 is 0.931 bits per heavy atom. The maximum Gasteiger partial charge on any atom is 0.244 e. The second-order valence-electron chi connectivity index (χ2n) is 6.99. The maximum atomic E-state index is 12.4. The lowest BCUT2D eigenvalue weighted by Crippen LogP contribution is -2.23. The summed E-state index contributed by atoms with van der Waals surface area (Å²) >= 11 is 0. The molecule has 0 aliphatic heterocycles. The summed E-state index contributed by atoms with van der Waals surface area (Å²) in [6.07, 6.45) is 4.24. The van der Waals surface area contributed by atoms with Crippen LogP contribution in [-0.2, 0) is 10.0 Å². The first-order chi connectivity index (χ1) is 14.0. The molecule has 5 N–H and O–H groups in total. The molecular weight excluding hydrogens is 394 g/mol. The highest BCUT2D eigenvalue weighted by molar-refractivity contribution is 7.89. The van der Waals surface area contributed by atoms with Crippen LogP contribution in [-0.4, -0.2) is 76.4 Å². The van der Waals surface area contributed by atoms with Crippen LogP contribution in [0.3, 0.4) is 0 Å². The minimum absolute atomic E-state index is 0.0866. The number of hydrogen-bond acceptors (Lipinski definition) is 9. The van der Waals surface area contributed by atoms with Crippen LogP contribution < -0.4 is 21.7 Å². The molecule has 2 rings (SSSR count). The number of hydrogen-bond donors (Lipinski definition) is 4. The molecule has 0 atom stereocenters. The van der Waals surface area contributed by atoms with E-state index >= 15 is 0 Å². The third kappa shape index (κ3) is 6.89. The first kappa shape index (κ1) is 23.5. The standard InChI is InChI=1S/C18H33N7O3S/c1-25(2)29(26,27)16-8-7-15(17-18(16)24-28-23-17)22-14-6-13-21-11-4-3-10-20-12-5-9-19/h7-8,20-22H,3-6,9-14,19H2,1-2H3. The molecule has 2 aromatic rings. The summed E-state index contributed by atoms with van der Waals surface area (Å²) in [5.74, 6) is 0. The van der Waals surface area contributed by atoms with Gasteiger partial charge in [0, 0.05) is 20.6 Å². The van der Waals surface area contributed by atoms with Crippen LogP contribution in [0.2, 0.25) is 0 Å². The van der Waals surface area contributed by atoms with Crippen molar-refractivity contribution in [3.63, 3.8) is 0 Å². The quantitative estimate of drug-likeness (QED) is 0.301. The van der Waals surface area contributed by atoms with Crippen LogP contribution in [0.1, 0.15) is 25.7 Å². The fourth-order valence-electron chi connectivity index (χ4n) is 2.80. The van der Waals surface area contributed by atoms with E-state index in [2.05, 4.69) is 26.3 Å². The molecule has 0 saturated carbocycles. The number of fused-ring (bicyclic) bond motifs is 1. The molecule has 10 nitrogen and oxygen atoms in total. The predicted octanol–water partition coefficient (Wildman–Crippen LogP) is 0.583. The van der Waals surface area contributed by atoms with Gasteiger partial charge in [-0.15, -0.1) is 0 Å².